The highest BCUT2D eigenvalue weighted by atomic mass is 16.6. The lowest BCUT2D eigenvalue weighted by atomic mass is 9.84. The topological polar surface area (TPSA) is 67.4 Å². The Morgan fingerprint density at radius 3 is 2.54 bits per heavy atom. The van der Waals surface area contributed by atoms with Gasteiger partial charge < -0.3 is 15.4 Å². The average Bonchev–Trinajstić information content (AvgIpc) is 2.45. The second-order valence-electron chi connectivity index (χ2n) is 7.50. The zero-order valence-corrected chi connectivity index (χ0v) is 15.0. The van der Waals surface area contributed by atoms with Crippen molar-refractivity contribution >= 4 is 17.7 Å². The van der Waals surface area contributed by atoms with E-state index >= 15 is 0 Å². The van der Waals surface area contributed by atoms with E-state index < -0.39 is 11.7 Å². The first-order valence-corrected chi connectivity index (χ1v) is 8.62. The summed E-state index contributed by atoms with van der Waals surface area (Å²) in [5.74, 6) is -0.270. The Morgan fingerprint density at radius 2 is 1.88 bits per heavy atom. The molecule has 24 heavy (non-hydrogen) atoms. The number of ether oxygens (including phenoxy) is 1. The Labute approximate surface area is 144 Å². The van der Waals surface area contributed by atoms with Gasteiger partial charge in [-0.1, -0.05) is 25.0 Å². The van der Waals surface area contributed by atoms with Crippen molar-refractivity contribution in [3.63, 3.8) is 0 Å². The van der Waals surface area contributed by atoms with Gasteiger partial charge in [-0.2, -0.15) is 0 Å². The minimum atomic E-state index is -0.544. The van der Waals surface area contributed by atoms with Crippen molar-refractivity contribution in [3.05, 3.63) is 29.8 Å². The first kappa shape index (κ1) is 18.3. The minimum absolute atomic E-state index is 0.0404. The summed E-state index contributed by atoms with van der Waals surface area (Å²) >= 11 is 0. The largest absolute Gasteiger partial charge is 0.444 e. The third-order valence-electron chi connectivity index (χ3n) is 4.09. The SMILES string of the molecule is Cc1cccc(NC(=O)C2CCCCC2NC(=O)OC(C)(C)C)c1. The summed E-state index contributed by atoms with van der Waals surface area (Å²) in [5.41, 5.74) is 1.35. The molecule has 0 saturated heterocycles. The smallest absolute Gasteiger partial charge is 0.407 e. The average molecular weight is 332 g/mol. The molecule has 5 heteroatoms. The standard InChI is InChI=1S/C19H28N2O3/c1-13-8-7-9-14(12-13)20-17(22)15-10-5-6-11-16(15)21-18(23)24-19(2,3)4/h7-9,12,15-16H,5-6,10-11H2,1-4H3,(H,20,22)(H,21,23). The maximum absolute atomic E-state index is 12.7. The number of alkyl carbamates (subject to hydrolysis) is 1. The van der Waals surface area contributed by atoms with Crippen LogP contribution in [0.25, 0.3) is 0 Å². The van der Waals surface area contributed by atoms with Crippen LogP contribution in [0, 0.1) is 12.8 Å². The summed E-state index contributed by atoms with van der Waals surface area (Å²) in [6.07, 6.45) is 3.12. The predicted octanol–water partition coefficient (Wildman–Crippen LogP) is 4.02. The molecule has 0 heterocycles. The number of benzene rings is 1. The van der Waals surface area contributed by atoms with Crippen molar-refractivity contribution < 1.29 is 14.3 Å². The normalized spacial score (nSPS) is 21.0. The fourth-order valence-corrected chi connectivity index (χ4v) is 3.03. The summed E-state index contributed by atoms with van der Waals surface area (Å²) in [5, 5.41) is 5.85. The van der Waals surface area contributed by atoms with Crippen LogP contribution in [0.15, 0.2) is 24.3 Å². The summed E-state index contributed by atoms with van der Waals surface area (Å²) in [7, 11) is 0. The molecule has 1 aliphatic carbocycles. The van der Waals surface area contributed by atoms with E-state index in [0.717, 1.165) is 36.9 Å². The van der Waals surface area contributed by atoms with Crippen LogP contribution in [0.2, 0.25) is 0 Å². The Balaban J connectivity index is 2.00. The number of carbonyl (C=O) groups is 2. The van der Waals surface area contributed by atoms with Crippen molar-refractivity contribution in [2.45, 2.75) is 65.0 Å². The molecular formula is C19H28N2O3. The molecule has 0 aliphatic heterocycles. The summed E-state index contributed by atoms with van der Waals surface area (Å²) in [6, 6.07) is 7.55. The number of amides is 2. The monoisotopic (exact) mass is 332 g/mol. The molecule has 132 valence electrons. The molecular weight excluding hydrogens is 304 g/mol. The second kappa shape index (κ2) is 7.69. The van der Waals surface area contributed by atoms with E-state index in [2.05, 4.69) is 10.6 Å². The van der Waals surface area contributed by atoms with Crippen LogP contribution in [0.5, 0.6) is 0 Å². The first-order valence-electron chi connectivity index (χ1n) is 8.62. The van der Waals surface area contributed by atoms with Crippen LogP contribution in [-0.2, 0) is 9.53 Å². The molecule has 1 aromatic carbocycles. The lowest BCUT2D eigenvalue weighted by Crippen LogP contribution is -2.48. The summed E-state index contributed by atoms with van der Waals surface area (Å²) in [4.78, 5) is 24.7. The van der Waals surface area contributed by atoms with Crippen molar-refractivity contribution in [1.82, 2.24) is 5.32 Å². The fourth-order valence-electron chi connectivity index (χ4n) is 3.03. The van der Waals surface area contributed by atoms with E-state index in [1.54, 1.807) is 0 Å². The highest BCUT2D eigenvalue weighted by Gasteiger charge is 2.33. The van der Waals surface area contributed by atoms with Gasteiger partial charge in [0.05, 0.1) is 5.92 Å². The van der Waals surface area contributed by atoms with Crippen LogP contribution in [-0.4, -0.2) is 23.6 Å². The van der Waals surface area contributed by atoms with E-state index in [0.29, 0.717) is 0 Å². The van der Waals surface area contributed by atoms with Gasteiger partial charge in [-0.15, -0.1) is 0 Å². The van der Waals surface area contributed by atoms with E-state index in [4.69, 9.17) is 4.74 Å². The number of aryl methyl sites for hydroxylation is 1. The number of carbonyl (C=O) groups excluding carboxylic acids is 2. The predicted molar refractivity (Wildman–Crippen MR) is 94.9 cm³/mol. The van der Waals surface area contributed by atoms with Crippen molar-refractivity contribution in [3.8, 4) is 0 Å². The third kappa shape index (κ3) is 5.55. The Hall–Kier alpha value is -2.04. The maximum atomic E-state index is 12.7. The molecule has 2 amide bonds. The zero-order chi connectivity index (χ0) is 17.7. The van der Waals surface area contributed by atoms with Gasteiger partial charge in [-0.25, -0.2) is 4.79 Å². The van der Waals surface area contributed by atoms with Crippen LogP contribution in [0.1, 0.15) is 52.0 Å². The van der Waals surface area contributed by atoms with Gasteiger partial charge in [-0.05, 0) is 58.2 Å². The molecule has 1 aromatic rings. The summed E-state index contributed by atoms with van der Waals surface area (Å²) in [6.45, 7) is 7.48. The number of hydrogen-bond acceptors (Lipinski definition) is 3. The lowest BCUT2D eigenvalue weighted by Gasteiger charge is -2.32. The third-order valence-corrected chi connectivity index (χ3v) is 4.09. The van der Waals surface area contributed by atoms with Crippen molar-refractivity contribution in [2.24, 2.45) is 5.92 Å². The van der Waals surface area contributed by atoms with Gasteiger partial charge in [-0.3, -0.25) is 4.79 Å². The highest BCUT2D eigenvalue weighted by Crippen LogP contribution is 2.26. The number of nitrogens with one attached hydrogen (secondary N) is 2. The zero-order valence-electron chi connectivity index (χ0n) is 15.0. The maximum Gasteiger partial charge on any atom is 0.407 e. The number of hydrogen-bond donors (Lipinski definition) is 2. The van der Waals surface area contributed by atoms with Crippen molar-refractivity contribution in [1.29, 1.82) is 0 Å². The number of rotatable bonds is 3. The van der Waals surface area contributed by atoms with Gasteiger partial charge in [0.1, 0.15) is 5.60 Å². The molecule has 0 aromatic heterocycles. The second-order valence-corrected chi connectivity index (χ2v) is 7.50. The molecule has 2 rings (SSSR count). The minimum Gasteiger partial charge on any atom is -0.444 e. The highest BCUT2D eigenvalue weighted by molar-refractivity contribution is 5.93. The molecule has 5 nitrogen and oxygen atoms in total. The summed E-state index contributed by atoms with van der Waals surface area (Å²) < 4.78 is 5.32. The van der Waals surface area contributed by atoms with E-state index in [1.807, 2.05) is 52.0 Å². The van der Waals surface area contributed by atoms with Crippen LogP contribution >= 0.6 is 0 Å². The van der Waals surface area contributed by atoms with E-state index in [9.17, 15) is 9.59 Å². The van der Waals surface area contributed by atoms with E-state index in [-0.39, 0.29) is 17.9 Å². The van der Waals surface area contributed by atoms with Crippen molar-refractivity contribution in [2.75, 3.05) is 5.32 Å². The van der Waals surface area contributed by atoms with Gasteiger partial charge >= 0.3 is 6.09 Å². The molecule has 2 atom stereocenters. The molecule has 0 spiro atoms. The quantitative estimate of drug-likeness (QED) is 0.878. The van der Waals surface area contributed by atoms with Gasteiger partial charge in [0.25, 0.3) is 0 Å². The van der Waals surface area contributed by atoms with Crippen LogP contribution < -0.4 is 10.6 Å². The van der Waals surface area contributed by atoms with Crippen LogP contribution in [0.3, 0.4) is 0 Å². The molecule has 1 fully saturated rings. The lowest BCUT2D eigenvalue weighted by molar-refractivity contribution is -0.121. The molecule has 2 unspecified atom stereocenters. The Morgan fingerprint density at radius 1 is 1.17 bits per heavy atom. The molecule has 1 aliphatic rings. The molecule has 0 radical (unpaired) electrons. The Kier molecular flexibility index (Phi) is 5.86. The van der Waals surface area contributed by atoms with Gasteiger partial charge in [0.15, 0.2) is 0 Å². The molecule has 1 saturated carbocycles. The molecule has 0 bridgehead atoms. The van der Waals surface area contributed by atoms with E-state index in [1.165, 1.54) is 0 Å². The van der Waals surface area contributed by atoms with Gasteiger partial charge in [0, 0.05) is 11.7 Å². The Bertz CT molecular complexity index is 593. The van der Waals surface area contributed by atoms with Gasteiger partial charge in [0.2, 0.25) is 5.91 Å². The fraction of sp³-hybridized carbons (Fsp3) is 0.579. The number of anilines is 1. The first-order chi connectivity index (χ1) is 11.2. The van der Waals surface area contributed by atoms with Crippen LogP contribution in [0.4, 0.5) is 10.5 Å². The molecule has 2 N–H and O–H groups in total.